The second-order valence-electron chi connectivity index (χ2n) is 6.73. The molecule has 122 valence electrons. The Morgan fingerprint density at radius 2 is 2.09 bits per heavy atom. The maximum absolute atomic E-state index is 14.3. The third-order valence-corrected chi connectivity index (χ3v) is 5.20. The van der Waals surface area contributed by atoms with Crippen molar-refractivity contribution in [3.8, 4) is 0 Å². The second kappa shape index (κ2) is 6.59. The lowest BCUT2D eigenvalue weighted by Crippen LogP contribution is -2.40. The fourth-order valence-electron chi connectivity index (χ4n) is 4.10. The van der Waals surface area contributed by atoms with Crippen LogP contribution < -0.4 is 0 Å². The molecule has 1 aromatic rings. The van der Waals surface area contributed by atoms with Crippen molar-refractivity contribution in [3.63, 3.8) is 0 Å². The van der Waals surface area contributed by atoms with E-state index in [1.165, 1.54) is 6.07 Å². The minimum Gasteiger partial charge on any atom is -0.342 e. The van der Waals surface area contributed by atoms with Gasteiger partial charge < -0.3 is 4.90 Å². The average Bonchev–Trinajstić information content (AvgIpc) is 3.14. The summed E-state index contributed by atoms with van der Waals surface area (Å²) < 4.78 is 14.3. The molecule has 1 amide bonds. The molecule has 1 aliphatic heterocycles. The van der Waals surface area contributed by atoms with Gasteiger partial charge in [-0.05, 0) is 35.9 Å². The molecule has 6 heteroatoms. The van der Waals surface area contributed by atoms with Gasteiger partial charge in [0.25, 0.3) is 0 Å². The van der Waals surface area contributed by atoms with Crippen molar-refractivity contribution in [1.82, 2.24) is 4.90 Å². The van der Waals surface area contributed by atoms with Crippen molar-refractivity contribution in [3.05, 3.63) is 46.1 Å². The van der Waals surface area contributed by atoms with Gasteiger partial charge in [0, 0.05) is 36.4 Å². The number of hydrogen-bond donors (Lipinski definition) is 0. The summed E-state index contributed by atoms with van der Waals surface area (Å²) >= 11 is 0. The van der Waals surface area contributed by atoms with E-state index in [0.29, 0.717) is 26.1 Å². The molecular formula is C17H21FN4O. The fourth-order valence-corrected chi connectivity index (χ4v) is 4.10. The summed E-state index contributed by atoms with van der Waals surface area (Å²) in [4.78, 5) is 16.9. The number of nitrogens with zero attached hydrogens (tertiary/aromatic N) is 4. The minimum absolute atomic E-state index is 0.0810. The molecule has 0 bridgehead atoms. The molecular weight excluding hydrogens is 295 g/mol. The Hall–Kier alpha value is -2.07. The first kappa shape index (κ1) is 15.8. The van der Waals surface area contributed by atoms with Crippen LogP contribution in [0.15, 0.2) is 29.4 Å². The molecule has 1 aliphatic carbocycles. The van der Waals surface area contributed by atoms with Crippen molar-refractivity contribution in [2.45, 2.75) is 37.5 Å². The van der Waals surface area contributed by atoms with Crippen molar-refractivity contribution in [2.75, 3.05) is 19.6 Å². The lowest BCUT2D eigenvalue weighted by atomic mass is 9.78. The van der Waals surface area contributed by atoms with Crippen LogP contribution in [0, 0.1) is 11.7 Å². The van der Waals surface area contributed by atoms with Crippen LogP contribution in [0.4, 0.5) is 4.39 Å². The zero-order valence-electron chi connectivity index (χ0n) is 13.1. The summed E-state index contributed by atoms with van der Waals surface area (Å²) in [6, 6.07) is 6.94. The molecule has 2 fully saturated rings. The lowest BCUT2D eigenvalue weighted by Gasteiger charge is -2.34. The van der Waals surface area contributed by atoms with Gasteiger partial charge in [-0.15, -0.1) is 0 Å². The van der Waals surface area contributed by atoms with E-state index >= 15 is 0 Å². The molecule has 1 atom stereocenters. The second-order valence-corrected chi connectivity index (χ2v) is 6.73. The van der Waals surface area contributed by atoms with E-state index in [4.69, 9.17) is 5.53 Å². The molecule has 0 aromatic heterocycles. The van der Waals surface area contributed by atoms with Crippen LogP contribution in [-0.4, -0.2) is 30.4 Å². The van der Waals surface area contributed by atoms with Gasteiger partial charge in [-0.2, -0.15) is 0 Å². The molecule has 23 heavy (non-hydrogen) atoms. The molecule has 5 nitrogen and oxygen atoms in total. The first-order valence-corrected chi connectivity index (χ1v) is 8.18. The van der Waals surface area contributed by atoms with E-state index in [9.17, 15) is 9.18 Å². The van der Waals surface area contributed by atoms with E-state index < -0.39 is 0 Å². The molecule has 1 heterocycles. The van der Waals surface area contributed by atoms with E-state index in [2.05, 4.69) is 10.0 Å². The number of likely N-dealkylation sites (tertiary alicyclic amines) is 1. The summed E-state index contributed by atoms with van der Waals surface area (Å²) in [6.45, 7) is 1.53. The van der Waals surface area contributed by atoms with Crippen molar-refractivity contribution in [1.29, 1.82) is 0 Å². The predicted molar refractivity (Wildman–Crippen MR) is 85.2 cm³/mol. The van der Waals surface area contributed by atoms with Crippen LogP contribution in [0.2, 0.25) is 0 Å². The third-order valence-electron chi connectivity index (χ3n) is 5.20. The quantitative estimate of drug-likeness (QED) is 0.463. The monoisotopic (exact) mass is 316 g/mol. The highest BCUT2D eigenvalue weighted by molar-refractivity contribution is 5.78. The third kappa shape index (κ3) is 3.17. The maximum atomic E-state index is 14.3. The van der Waals surface area contributed by atoms with Crippen LogP contribution in [0.1, 0.15) is 37.7 Å². The van der Waals surface area contributed by atoms with E-state index in [0.717, 1.165) is 31.2 Å². The average molecular weight is 316 g/mol. The Kier molecular flexibility index (Phi) is 4.53. The zero-order chi connectivity index (χ0) is 16.3. The van der Waals surface area contributed by atoms with E-state index in [-0.39, 0.29) is 23.1 Å². The van der Waals surface area contributed by atoms with E-state index in [1.54, 1.807) is 6.07 Å². The largest absolute Gasteiger partial charge is 0.342 e. The first-order chi connectivity index (χ1) is 11.1. The number of halogens is 1. The number of amides is 1. The van der Waals surface area contributed by atoms with Gasteiger partial charge in [-0.3, -0.25) is 4.79 Å². The highest BCUT2D eigenvalue weighted by atomic mass is 19.1. The molecule has 1 saturated carbocycles. The molecule has 1 unspecified atom stereocenters. The Morgan fingerprint density at radius 3 is 2.78 bits per heavy atom. The maximum Gasteiger partial charge on any atom is 0.222 e. The summed E-state index contributed by atoms with van der Waals surface area (Å²) in [5.74, 6) is -0.00472. The van der Waals surface area contributed by atoms with Gasteiger partial charge in [-0.1, -0.05) is 36.2 Å². The number of carbonyl (C=O) groups excluding carboxylic acids is 1. The highest BCUT2D eigenvalue weighted by Gasteiger charge is 2.42. The Bertz CT molecular complexity index is 635. The lowest BCUT2D eigenvalue weighted by molar-refractivity contribution is -0.128. The smallest absolute Gasteiger partial charge is 0.222 e. The molecule has 2 aliphatic rings. The Balaban J connectivity index is 1.80. The Labute approximate surface area is 135 Å². The number of rotatable bonds is 5. The van der Waals surface area contributed by atoms with Crippen LogP contribution in [-0.2, 0) is 10.2 Å². The van der Waals surface area contributed by atoms with Crippen LogP contribution in [0.3, 0.4) is 0 Å². The summed E-state index contributed by atoms with van der Waals surface area (Å²) in [5.41, 5.74) is 8.90. The van der Waals surface area contributed by atoms with Gasteiger partial charge >= 0.3 is 0 Å². The van der Waals surface area contributed by atoms with Crippen molar-refractivity contribution >= 4 is 5.91 Å². The van der Waals surface area contributed by atoms with Gasteiger partial charge in [-0.25, -0.2) is 4.39 Å². The van der Waals surface area contributed by atoms with E-state index in [1.807, 2.05) is 17.0 Å². The van der Waals surface area contributed by atoms with Gasteiger partial charge in [0.2, 0.25) is 5.91 Å². The normalized spacial score (nSPS) is 23.1. The number of hydrogen-bond acceptors (Lipinski definition) is 2. The molecule has 3 rings (SSSR count). The summed E-state index contributed by atoms with van der Waals surface area (Å²) in [6.07, 6.45) is 4.39. The highest BCUT2D eigenvalue weighted by Crippen LogP contribution is 2.43. The van der Waals surface area contributed by atoms with Gasteiger partial charge in [0.1, 0.15) is 5.82 Å². The Morgan fingerprint density at radius 1 is 1.35 bits per heavy atom. The minimum atomic E-state index is -0.269. The summed E-state index contributed by atoms with van der Waals surface area (Å²) in [7, 11) is 0. The van der Waals surface area contributed by atoms with Gasteiger partial charge in [0.15, 0.2) is 0 Å². The molecule has 0 spiro atoms. The van der Waals surface area contributed by atoms with Crippen LogP contribution in [0.25, 0.3) is 10.4 Å². The number of azide groups is 1. The van der Waals surface area contributed by atoms with Crippen LogP contribution in [0.5, 0.6) is 0 Å². The number of benzene rings is 1. The predicted octanol–water partition coefficient (Wildman–Crippen LogP) is 3.80. The van der Waals surface area contributed by atoms with Crippen molar-refractivity contribution in [2.24, 2.45) is 11.0 Å². The molecule has 0 radical (unpaired) electrons. The first-order valence-electron chi connectivity index (χ1n) is 8.18. The van der Waals surface area contributed by atoms with Crippen molar-refractivity contribution < 1.29 is 9.18 Å². The summed E-state index contributed by atoms with van der Waals surface area (Å²) in [5, 5.41) is 3.59. The SMILES string of the molecule is [N-]=[N+]=NCC1CC(=O)N(CC2(c3ccccc3F)CCCC2)C1. The standard InChI is InChI=1S/C17H21FN4O/c18-15-6-2-1-5-14(15)17(7-3-4-8-17)12-22-11-13(9-16(22)23)10-20-21-19/h1-2,5-6,13H,3-4,7-12H2. The molecule has 1 aromatic carbocycles. The number of carbonyl (C=O) groups is 1. The molecule has 1 saturated heterocycles. The molecule has 0 N–H and O–H groups in total. The zero-order valence-corrected chi connectivity index (χ0v) is 13.1. The topological polar surface area (TPSA) is 69.1 Å². The van der Waals surface area contributed by atoms with Gasteiger partial charge in [0.05, 0.1) is 0 Å². The van der Waals surface area contributed by atoms with Crippen LogP contribution >= 0.6 is 0 Å². The fraction of sp³-hybridized carbons (Fsp3) is 0.588.